The first-order valence-corrected chi connectivity index (χ1v) is 11.9. The summed E-state index contributed by atoms with van der Waals surface area (Å²) in [6.45, 7) is 4.35. The van der Waals surface area contributed by atoms with Gasteiger partial charge in [0.2, 0.25) is 5.91 Å². The van der Waals surface area contributed by atoms with E-state index in [0.29, 0.717) is 27.6 Å². The Morgan fingerprint density at radius 1 is 1.09 bits per heavy atom. The number of hydrogen-bond acceptors (Lipinski definition) is 6. The third-order valence-corrected chi connectivity index (χ3v) is 6.40. The Kier molecular flexibility index (Phi) is 7.36. The number of carbonyl (C=O) groups excluding carboxylic acids is 1. The molecule has 0 saturated carbocycles. The molecule has 9 heteroatoms. The van der Waals surface area contributed by atoms with Crippen LogP contribution in [-0.2, 0) is 4.79 Å². The molecule has 1 atom stereocenters. The lowest BCUT2D eigenvalue weighted by Gasteiger charge is -2.11. The standard InChI is InChI=1S/C24H23ClN6OS/c1-3-16(2)17-4-8-19(9-5-17)28-22(32)15-33-24-30-29-23(21-14-26-12-13-27-21)31(24)20-10-6-18(25)7-11-20/h4-14,16H,3,15H2,1-2H3,(H,28,32)/t16-/m0/s1. The first-order chi connectivity index (χ1) is 16.0. The van der Waals surface area contributed by atoms with Crippen molar-refractivity contribution >= 4 is 35.0 Å². The molecule has 0 fully saturated rings. The summed E-state index contributed by atoms with van der Waals surface area (Å²) in [5.74, 6) is 1.09. The molecule has 4 rings (SSSR count). The second kappa shape index (κ2) is 10.6. The van der Waals surface area contributed by atoms with Crippen LogP contribution in [-0.4, -0.2) is 36.4 Å². The van der Waals surface area contributed by atoms with Crippen molar-refractivity contribution in [3.63, 3.8) is 0 Å². The molecule has 1 amide bonds. The fourth-order valence-corrected chi connectivity index (χ4v) is 4.10. The van der Waals surface area contributed by atoms with Crippen LogP contribution in [0.3, 0.4) is 0 Å². The van der Waals surface area contributed by atoms with Crippen LogP contribution in [0.1, 0.15) is 31.7 Å². The summed E-state index contributed by atoms with van der Waals surface area (Å²) in [4.78, 5) is 21.1. The van der Waals surface area contributed by atoms with E-state index in [4.69, 9.17) is 11.6 Å². The van der Waals surface area contributed by atoms with Crippen molar-refractivity contribution in [3.05, 3.63) is 77.7 Å². The van der Waals surface area contributed by atoms with Gasteiger partial charge < -0.3 is 5.32 Å². The van der Waals surface area contributed by atoms with E-state index in [2.05, 4.69) is 51.5 Å². The summed E-state index contributed by atoms with van der Waals surface area (Å²) >= 11 is 7.36. The van der Waals surface area contributed by atoms with Gasteiger partial charge in [0.15, 0.2) is 11.0 Å². The number of rotatable bonds is 8. The largest absolute Gasteiger partial charge is 0.325 e. The predicted octanol–water partition coefficient (Wildman–Crippen LogP) is 5.62. The highest BCUT2D eigenvalue weighted by Crippen LogP contribution is 2.28. The van der Waals surface area contributed by atoms with E-state index in [1.807, 2.05) is 28.8 Å². The molecule has 0 aliphatic rings. The summed E-state index contributed by atoms with van der Waals surface area (Å²) in [6, 6.07) is 15.3. The minimum atomic E-state index is -0.122. The molecule has 4 aromatic rings. The molecule has 0 aliphatic carbocycles. The molecule has 0 saturated heterocycles. The van der Waals surface area contributed by atoms with Gasteiger partial charge in [-0.1, -0.05) is 49.3 Å². The molecule has 0 radical (unpaired) electrons. The average Bonchev–Trinajstić information content (AvgIpc) is 3.28. The summed E-state index contributed by atoms with van der Waals surface area (Å²) in [5, 5.41) is 12.8. The number of nitrogens with zero attached hydrogens (tertiary/aromatic N) is 5. The highest BCUT2D eigenvalue weighted by Gasteiger charge is 2.18. The number of anilines is 1. The smallest absolute Gasteiger partial charge is 0.234 e. The first-order valence-electron chi connectivity index (χ1n) is 10.6. The van der Waals surface area contributed by atoms with Crippen LogP contribution < -0.4 is 5.32 Å². The van der Waals surface area contributed by atoms with Crippen molar-refractivity contribution < 1.29 is 4.79 Å². The molecule has 0 aliphatic heterocycles. The Labute approximate surface area is 201 Å². The van der Waals surface area contributed by atoms with Gasteiger partial charge in [-0.15, -0.1) is 10.2 Å². The van der Waals surface area contributed by atoms with Crippen molar-refractivity contribution in [1.29, 1.82) is 0 Å². The lowest BCUT2D eigenvalue weighted by Crippen LogP contribution is -2.14. The Morgan fingerprint density at radius 3 is 2.52 bits per heavy atom. The molecule has 2 heterocycles. The van der Waals surface area contributed by atoms with Gasteiger partial charge in [0.05, 0.1) is 11.9 Å². The van der Waals surface area contributed by atoms with Crippen LogP contribution in [0.4, 0.5) is 5.69 Å². The Morgan fingerprint density at radius 2 is 1.85 bits per heavy atom. The maximum atomic E-state index is 12.6. The Hall–Kier alpha value is -3.23. The molecule has 2 aromatic carbocycles. The lowest BCUT2D eigenvalue weighted by atomic mass is 9.99. The van der Waals surface area contributed by atoms with Gasteiger partial charge in [0, 0.05) is 28.8 Å². The summed E-state index contributed by atoms with van der Waals surface area (Å²) in [7, 11) is 0. The number of aromatic nitrogens is 5. The van der Waals surface area contributed by atoms with Gasteiger partial charge in [-0.3, -0.25) is 14.3 Å². The third kappa shape index (κ3) is 5.58. The minimum Gasteiger partial charge on any atom is -0.325 e. The van der Waals surface area contributed by atoms with Gasteiger partial charge >= 0.3 is 0 Å². The van der Waals surface area contributed by atoms with Gasteiger partial charge in [0.1, 0.15) is 5.69 Å². The molecule has 33 heavy (non-hydrogen) atoms. The van der Waals surface area contributed by atoms with E-state index in [1.165, 1.54) is 17.3 Å². The van der Waals surface area contributed by atoms with Crippen LogP contribution in [0, 0.1) is 0 Å². The van der Waals surface area contributed by atoms with Crippen LogP contribution >= 0.6 is 23.4 Å². The molecule has 2 aromatic heterocycles. The summed E-state index contributed by atoms with van der Waals surface area (Å²) in [5.41, 5.74) is 3.43. The van der Waals surface area contributed by atoms with E-state index in [-0.39, 0.29) is 11.7 Å². The van der Waals surface area contributed by atoms with Gasteiger partial charge in [-0.25, -0.2) is 4.98 Å². The minimum absolute atomic E-state index is 0.122. The SMILES string of the molecule is CC[C@H](C)c1ccc(NC(=O)CSc2nnc(-c3cnccn3)n2-c2ccc(Cl)cc2)cc1. The molecule has 0 bridgehead atoms. The Balaban J connectivity index is 1.51. The van der Waals surface area contributed by atoms with E-state index >= 15 is 0 Å². The maximum Gasteiger partial charge on any atom is 0.234 e. The second-order valence-corrected chi connectivity index (χ2v) is 8.86. The number of amides is 1. The number of hydrogen-bond donors (Lipinski definition) is 1. The topological polar surface area (TPSA) is 85.6 Å². The van der Waals surface area contributed by atoms with Crippen LogP contribution in [0.5, 0.6) is 0 Å². The van der Waals surface area contributed by atoms with Gasteiger partial charge in [-0.2, -0.15) is 0 Å². The zero-order chi connectivity index (χ0) is 23.2. The van der Waals surface area contributed by atoms with E-state index in [0.717, 1.165) is 17.8 Å². The highest BCUT2D eigenvalue weighted by molar-refractivity contribution is 7.99. The van der Waals surface area contributed by atoms with E-state index < -0.39 is 0 Å². The quantitative estimate of drug-likeness (QED) is 0.331. The molecule has 168 valence electrons. The normalized spacial score (nSPS) is 11.8. The first kappa shape index (κ1) is 22.9. The van der Waals surface area contributed by atoms with Crippen molar-refractivity contribution in [3.8, 4) is 17.2 Å². The van der Waals surface area contributed by atoms with Crippen molar-refractivity contribution in [2.45, 2.75) is 31.3 Å². The zero-order valence-corrected chi connectivity index (χ0v) is 19.8. The highest BCUT2D eigenvalue weighted by atomic mass is 35.5. The molecule has 0 spiro atoms. The molecule has 0 unspecified atom stereocenters. The van der Waals surface area contributed by atoms with E-state index in [1.54, 1.807) is 30.7 Å². The van der Waals surface area contributed by atoms with Crippen LogP contribution in [0.25, 0.3) is 17.2 Å². The molecule has 1 N–H and O–H groups in total. The average molecular weight is 479 g/mol. The van der Waals surface area contributed by atoms with Crippen LogP contribution in [0.15, 0.2) is 72.3 Å². The number of carbonyl (C=O) groups is 1. The van der Waals surface area contributed by atoms with Gasteiger partial charge in [-0.05, 0) is 54.3 Å². The molecule has 7 nitrogen and oxygen atoms in total. The van der Waals surface area contributed by atoms with Crippen molar-refractivity contribution in [2.75, 3.05) is 11.1 Å². The fraction of sp³-hybridized carbons (Fsp3) is 0.208. The van der Waals surface area contributed by atoms with Crippen LogP contribution in [0.2, 0.25) is 5.02 Å². The number of nitrogens with one attached hydrogen (secondary N) is 1. The third-order valence-electron chi connectivity index (χ3n) is 5.22. The Bertz CT molecular complexity index is 1210. The number of benzene rings is 2. The summed E-state index contributed by atoms with van der Waals surface area (Å²) in [6.07, 6.45) is 5.90. The van der Waals surface area contributed by atoms with Gasteiger partial charge in [0.25, 0.3) is 0 Å². The second-order valence-electron chi connectivity index (χ2n) is 7.48. The maximum absolute atomic E-state index is 12.6. The lowest BCUT2D eigenvalue weighted by molar-refractivity contribution is -0.113. The predicted molar refractivity (Wildman–Crippen MR) is 132 cm³/mol. The molecular weight excluding hydrogens is 456 g/mol. The molecular formula is C24H23ClN6OS. The zero-order valence-electron chi connectivity index (χ0n) is 18.3. The summed E-state index contributed by atoms with van der Waals surface area (Å²) < 4.78 is 1.85. The number of thioether (sulfide) groups is 1. The number of halogens is 1. The van der Waals surface area contributed by atoms with Crippen molar-refractivity contribution in [2.24, 2.45) is 0 Å². The monoisotopic (exact) mass is 478 g/mol. The fourth-order valence-electron chi connectivity index (χ4n) is 3.22. The van der Waals surface area contributed by atoms with Crippen molar-refractivity contribution in [1.82, 2.24) is 24.7 Å². The van der Waals surface area contributed by atoms with E-state index in [9.17, 15) is 4.79 Å².